The van der Waals surface area contributed by atoms with Gasteiger partial charge in [0.1, 0.15) is 0 Å². The summed E-state index contributed by atoms with van der Waals surface area (Å²) >= 11 is 1.50. The smallest absolute Gasteiger partial charge is 0.323 e. The van der Waals surface area contributed by atoms with Crippen LogP contribution in [0.4, 0.5) is 21.9 Å². The molecule has 0 bridgehead atoms. The topological polar surface area (TPSA) is 96.0 Å². The van der Waals surface area contributed by atoms with Crippen LogP contribution in [0.2, 0.25) is 0 Å². The standard InChI is InChI=1S/C23H25N5O2S/c1-15-20(16(2)25-23(24-15)31-3)12-13-21(29)26-18-10-7-11-19(14-18)28-22(30)27-17-8-5-4-6-9-17/h4-11,14H,12-13H2,1-3H3,(H,26,29)(H2,27,28,30). The lowest BCUT2D eigenvalue weighted by Crippen LogP contribution is -2.19. The molecule has 31 heavy (non-hydrogen) atoms. The first kappa shape index (κ1) is 22.3. The highest BCUT2D eigenvalue weighted by molar-refractivity contribution is 7.98. The SMILES string of the molecule is CSc1nc(C)c(CCC(=O)Nc2cccc(NC(=O)Nc3ccccc3)c2)c(C)n1. The van der Waals surface area contributed by atoms with Crippen molar-refractivity contribution >= 4 is 40.8 Å². The molecule has 0 aliphatic heterocycles. The predicted octanol–water partition coefficient (Wildman–Crippen LogP) is 5.03. The molecule has 0 saturated carbocycles. The summed E-state index contributed by atoms with van der Waals surface area (Å²) in [5, 5.41) is 9.15. The highest BCUT2D eigenvalue weighted by Gasteiger charge is 2.11. The van der Waals surface area contributed by atoms with Crippen LogP contribution in [0, 0.1) is 13.8 Å². The number of anilines is 3. The van der Waals surface area contributed by atoms with Crippen LogP contribution in [0.25, 0.3) is 0 Å². The number of nitrogens with zero attached hydrogens (tertiary/aromatic N) is 2. The van der Waals surface area contributed by atoms with E-state index < -0.39 is 0 Å². The molecule has 3 N–H and O–H groups in total. The average molecular weight is 436 g/mol. The van der Waals surface area contributed by atoms with Crippen LogP contribution in [0.5, 0.6) is 0 Å². The Balaban J connectivity index is 1.55. The van der Waals surface area contributed by atoms with E-state index in [2.05, 4.69) is 25.9 Å². The third-order valence-corrected chi connectivity index (χ3v) is 5.17. The second-order valence-corrected chi connectivity index (χ2v) is 7.71. The number of carbonyl (C=O) groups excluding carboxylic acids is 2. The van der Waals surface area contributed by atoms with Crippen LogP contribution < -0.4 is 16.0 Å². The molecule has 0 aliphatic rings. The molecule has 7 nitrogen and oxygen atoms in total. The molecule has 0 unspecified atom stereocenters. The molecular weight excluding hydrogens is 410 g/mol. The number of benzene rings is 2. The van der Waals surface area contributed by atoms with Gasteiger partial charge in [-0.05, 0) is 62.4 Å². The zero-order valence-corrected chi connectivity index (χ0v) is 18.5. The van der Waals surface area contributed by atoms with Gasteiger partial charge >= 0.3 is 6.03 Å². The number of aryl methyl sites for hydroxylation is 2. The fraction of sp³-hybridized carbons (Fsp3) is 0.217. The highest BCUT2D eigenvalue weighted by Crippen LogP contribution is 2.19. The van der Waals surface area contributed by atoms with Crippen molar-refractivity contribution in [1.29, 1.82) is 0 Å². The number of para-hydroxylation sites is 1. The lowest BCUT2D eigenvalue weighted by molar-refractivity contribution is -0.116. The normalized spacial score (nSPS) is 10.4. The van der Waals surface area contributed by atoms with Gasteiger partial charge in [-0.15, -0.1) is 0 Å². The molecule has 3 rings (SSSR count). The molecule has 0 aliphatic carbocycles. The second kappa shape index (κ2) is 10.6. The van der Waals surface area contributed by atoms with Gasteiger partial charge in [-0.25, -0.2) is 14.8 Å². The Hall–Kier alpha value is -3.39. The van der Waals surface area contributed by atoms with E-state index in [0.717, 1.165) is 22.1 Å². The van der Waals surface area contributed by atoms with Gasteiger partial charge in [0.25, 0.3) is 0 Å². The molecule has 0 fully saturated rings. The van der Waals surface area contributed by atoms with Gasteiger partial charge < -0.3 is 16.0 Å². The predicted molar refractivity (Wildman–Crippen MR) is 126 cm³/mol. The minimum Gasteiger partial charge on any atom is -0.326 e. The molecule has 0 radical (unpaired) electrons. The van der Waals surface area contributed by atoms with Crippen LogP contribution >= 0.6 is 11.8 Å². The van der Waals surface area contributed by atoms with E-state index in [1.54, 1.807) is 36.4 Å². The van der Waals surface area contributed by atoms with Crippen molar-refractivity contribution in [3.05, 3.63) is 71.5 Å². The van der Waals surface area contributed by atoms with E-state index in [1.165, 1.54) is 11.8 Å². The number of urea groups is 1. The lowest BCUT2D eigenvalue weighted by Gasteiger charge is -2.11. The molecule has 0 spiro atoms. The Morgan fingerprint density at radius 3 is 2.06 bits per heavy atom. The molecule has 0 atom stereocenters. The monoisotopic (exact) mass is 435 g/mol. The summed E-state index contributed by atoms with van der Waals surface area (Å²) in [6, 6.07) is 15.9. The maximum absolute atomic E-state index is 12.5. The van der Waals surface area contributed by atoms with E-state index in [9.17, 15) is 9.59 Å². The largest absolute Gasteiger partial charge is 0.326 e. The Labute approximate surface area is 186 Å². The van der Waals surface area contributed by atoms with Gasteiger partial charge in [-0.3, -0.25) is 4.79 Å². The Bertz CT molecular complexity index is 1050. The van der Waals surface area contributed by atoms with Crippen molar-refractivity contribution in [3.8, 4) is 0 Å². The zero-order chi connectivity index (χ0) is 22.2. The van der Waals surface area contributed by atoms with Gasteiger partial charge in [-0.1, -0.05) is 36.0 Å². The summed E-state index contributed by atoms with van der Waals surface area (Å²) in [5.74, 6) is -0.112. The molecular formula is C23H25N5O2S. The van der Waals surface area contributed by atoms with E-state index in [1.807, 2.05) is 38.3 Å². The van der Waals surface area contributed by atoms with E-state index in [0.29, 0.717) is 29.9 Å². The zero-order valence-electron chi connectivity index (χ0n) is 17.7. The van der Waals surface area contributed by atoms with Gasteiger partial charge in [0, 0.05) is 34.9 Å². The van der Waals surface area contributed by atoms with E-state index in [4.69, 9.17) is 0 Å². The van der Waals surface area contributed by atoms with E-state index >= 15 is 0 Å². The number of carbonyl (C=O) groups is 2. The molecule has 1 heterocycles. The molecule has 0 saturated heterocycles. The second-order valence-electron chi connectivity index (χ2n) is 6.93. The number of hydrogen-bond acceptors (Lipinski definition) is 5. The first-order valence-corrected chi connectivity index (χ1v) is 11.1. The maximum atomic E-state index is 12.5. The Kier molecular flexibility index (Phi) is 7.61. The lowest BCUT2D eigenvalue weighted by atomic mass is 10.1. The van der Waals surface area contributed by atoms with Gasteiger partial charge in [0.2, 0.25) is 5.91 Å². The molecule has 1 aromatic heterocycles. The summed E-state index contributed by atoms with van der Waals surface area (Å²) in [6.07, 6.45) is 2.82. The Morgan fingerprint density at radius 2 is 1.42 bits per heavy atom. The van der Waals surface area contributed by atoms with Gasteiger partial charge in [0.05, 0.1) is 0 Å². The number of aromatic nitrogens is 2. The number of thioether (sulfide) groups is 1. The van der Waals surface area contributed by atoms with E-state index in [-0.39, 0.29) is 11.9 Å². The molecule has 2 aromatic carbocycles. The van der Waals surface area contributed by atoms with Crippen LogP contribution in [0.3, 0.4) is 0 Å². The quantitative estimate of drug-likeness (QED) is 0.357. The van der Waals surface area contributed by atoms with Crippen LogP contribution in [0.1, 0.15) is 23.4 Å². The summed E-state index contributed by atoms with van der Waals surface area (Å²) in [6.45, 7) is 3.88. The van der Waals surface area contributed by atoms with Crippen LogP contribution in [-0.2, 0) is 11.2 Å². The number of amides is 3. The third-order valence-electron chi connectivity index (χ3n) is 4.62. The first-order valence-electron chi connectivity index (χ1n) is 9.85. The fourth-order valence-corrected chi connectivity index (χ4v) is 3.57. The maximum Gasteiger partial charge on any atom is 0.323 e. The van der Waals surface area contributed by atoms with Crippen molar-refractivity contribution in [2.24, 2.45) is 0 Å². The number of rotatable bonds is 7. The van der Waals surface area contributed by atoms with Crippen LogP contribution in [-0.4, -0.2) is 28.2 Å². The third kappa shape index (κ3) is 6.55. The summed E-state index contributed by atoms with van der Waals surface area (Å²) in [7, 11) is 0. The molecule has 8 heteroatoms. The van der Waals surface area contributed by atoms with Crippen LogP contribution in [0.15, 0.2) is 59.8 Å². The first-order chi connectivity index (χ1) is 14.9. The van der Waals surface area contributed by atoms with Crippen molar-refractivity contribution in [2.45, 2.75) is 31.8 Å². The molecule has 160 valence electrons. The van der Waals surface area contributed by atoms with Crippen molar-refractivity contribution in [1.82, 2.24) is 9.97 Å². The number of hydrogen-bond donors (Lipinski definition) is 3. The van der Waals surface area contributed by atoms with Crippen molar-refractivity contribution < 1.29 is 9.59 Å². The van der Waals surface area contributed by atoms with Crippen molar-refractivity contribution in [3.63, 3.8) is 0 Å². The summed E-state index contributed by atoms with van der Waals surface area (Å²) < 4.78 is 0. The Morgan fingerprint density at radius 1 is 0.839 bits per heavy atom. The number of nitrogens with one attached hydrogen (secondary N) is 3. The van der Waals surface area contributed by atoms with Gasteiger partial charge in [-0.2, -0.15) is 0 Å². The van der Waals surface area contributed by atoms with Gasteiger partial charge in [0.15, 0.2) is 5.16 Å². The summed E-state index contributed by atoms with van der Waals surface area (Å²) in [5.41, 5.74) is 4.70. The molecule has 3 amide bonds. The minimum atomic E-state index is -0.352. The van der Waals surface area contributed by atoms with Crippen molar-refractivity contribution in [2.75, 3.05) is 22.2 Å². The minimum absolute atomic E-state index is 0.112. The molecule has 3 aromatic rings. The summed E-state index contributed by atoms with van der Waals surface area (Å²) in [4.78, 5) is 33.5. The average Bonchev–Trinajstić information content (AvgIpc) is 2.73. The fourth-order valence-electron chi connectivity index (χ4n) is 3.11. The highest BCUT2D eigenvalue weighted by atomic mass is 32.2.